The highest BCUT2D eigenvalue weighted by Gasteiger charge is 2.37. The summed E-state index contributed by atoms with van der Waals surface area (Å²) >= 11 is 0. The van der Waals surface area contributed by atoms with Crippen molar-refractivity contribution >= 4 is 0 Å². The van der Waals surface area contributed by atoms with Gasteiger partial charge in [-0.1, -0.05) is 26.0 Å². The third-order valence-electron chi connectivity index (χ3n) is 2.50. The third-order valence-corrected chi connectivity index (χ3v) is 2.50. The van der Waals surface area contributed by atoms with Gasteiger partial charge in [0.25, 0.3) is 0 Å². The number of hydrogen-bond donors (Lipinski definition) is 1. The molecule has 0 unspecified atom stereocenters. The van der Waals surface area contributed by atoms with Gasteiger partial charge in [-0.05, 0) is 0 Å². The van der Waals surface area contributed by atoms with Crippen molar-refractivity contribution in [3.63, 3.8) is 0 Å². The van der Waals surface area contributed by atoms with Crippen LogP contribution in [0.5, 0.6) is 0 Å². The van der Waals surface area contributed by atoms with Gasteiger partial charge >= 0.3 is 0 Å². The molecule has 2 rings (SSSR count). The van der Waals surface area contributed by atoms with Gasteiger partial charge in [0.1, 0.15) is 5.60 Å². The van der Waals surface area contributed by atoms with Crippen LogP contribution in [0, 0.1) is 0 Å². The van der Waals surface area contributed by atoms with Crippen LogP contribution in [-0.4, -0.2) is 38.9 Å². The highest BCUT2D eigenvalue weighted by Crippen LogP contribution is 2.21. The predicted molar refractivity (Wildman–Crippen MR) is 54.5 cm³/mol. The first kappa shape index (κ1) is 10.6. The van der Waals surface area contributed by atoms with Crippen molar-refractivity contribution in [2.24, 2.45) is 0 Å². The quantitative estimate of drug-likeness (QED) is 0.766. The number of hydrogen-bond acceptors (Lipinski definition) is 4. The zero-order chi connectivity index (χ0) is 11.1. The van der Waals surface area contributed by atoms with E-state index in [2.05, 4.69) is 31.1 Å². The summed E-state index contributed by atoms with van der Waals surface area (Å²) < 4.78 is 6.66. The van der Waals surface area contributed by atoms with Crippen molar-refractivity contribution < 1.29 is 9.84 Å². The van der Waals surface area contributed by atoms with Gasteiger partial charge in [0, 0.05) is 11.6 Å². The fourth-order valence-electron chi connectivity index (χ4n) is 1.45. The molecule has 1 fully saturated rings. The molecule has 1 N–H and O–H groups in total. The molecule has 5 nitrogen and oxygen atoms in total. The molecule has 0 bridgehead atoms. The average Bonchev–Trinajstić information content (AvgIpc) is 2.49. The molecule has 1 aliphatic rings. The molecule has 0 aliphatic carbocycles. The minimum atomic E-state index is -0.747. The van der Waals surface area contributed by atoms with E-state index in [0.717, 1.165) is 5.69 Å². The lowest BCUT2D eigenvalue weighted by atomic mass is 9.93. The van der Waals surface area contributed by atoms with Gasteiger partial charge in [-0.2, -0.15) is 0 Å². The van der Waals surface area contributed by atoms with Gasteiger partial charge in [0.05, 0.1) is 25.5 Å². The molecule has 1 aliphatic heterocycles. The highest BCUT2D eigenvalue weighted by atomic mass is 16.5. The Kier molecular flexibility index (Phi) is 2.31. The number of ether oxygens (including phenoxy) is 1. The van der Waals surface area contributed by atoms with E-state index in [9.17, 15) is 5.11 Å². The van der Waals surface area contributed by atoms with Crippen LogP contribution in [0.2, 0.25) is 0 Å². The van der Waals surface area contributed by atoms with Crippen LogP contribution in [0.25, 0.3) is 0 Å². The second-order valence-electron chi connectivity index (χ2n) is 5.27. The molecular formula is C10H17N3O2. The lowest BCUT2D eigenvalue weighted by Crippen LogP contribution is -2.52. The molecule has 15 heavy (non-hydrogen) atoms. The van der Waals surface area contributed by atoms with E-state index < -0.39 is 5.60 Å². The number of aromatic nitrogens is 3. The van der Waals surface area contributed by atoms with E-state index in [1.54, 1.807) is 4.68 Å². The summed E-state index contributed by atoms with van der Waals surface area (Å²) in [6, 6.07) is 0. The monoisotopic (exact) mass is 211 g/mol. The summed E-state index contributed by atoms with van der Waals surface area (Å²) in [6.45, 7) is 7.49. The van der Waals surface area contributed by atoms with E-state index in [0.29, 0.717) is 19.8 Å². The average molecular weight is 211 g/mol. The first-order valence-electron chi connectivity index (χ1n) is 5.10. The van der Waals surface area contributed by atoms with Crippen molar-refractivity contribution in [3.8, 4) is 0 Å². The van der Waals surface area contributed by atoms with Gasteiger partial charge in [-0.25, -0.2) is 4.68 Å². The second-order valence-corrected chi connectivity index (χ2v) is 5.27. The lowest BCUT2D eigenvalue weighted by molar-refractivity contribution is -0.186. The Balaban J connectivity index is 2.07. The maximum Gasteiger partial charge on any atom is 0.131 e. The Hall–Kier alpha value is -0.940. The standard InChI is InChI=1S/C10H17N3O2/c1-9(2,3)8-4-13(12-11-8)5-10(14)6-15-7-10/h4,14H,5-7H2,1-3H3. The Labute approximate surface area is 89.0 Å². The molecule has 1 saturated heterocycles. The van der Waals surface area contributed by atoms with Gasteiger partial charge in [0.2, 0.25) is 0 Å². The highest BCUT2D eigenvalue weighted by molar-refractivity contribution is 5.06. The fraction of sp³-hybridized carbons (Fsp3) is 0.800. The van der Waals surface area contributed by atoms with Gasteiger partial charge < -0.3 is 9.84 Å². The number of aliphatic hydroxyl groups is 1. The fourth-order valence-corrected chi connectivity index (χ4v) is 1.45. The molecule has 0 atom stereocenters. The predicted octanol–water partition coefficient (Wildman–Crippen LogP) is 0.337. The number of rotatable bonds is 2. The SMILES string of the molecule is CC(C)(C)c1cn(CC2(O)COC2)nn1. The molecule has 84 valence electrons. The zero-order valence-corrected chi connectivity index (χ0v) is 9.40. The van der Waals surface area contributed by atoms with Crippen LogP contribution < -0.4 is 0 Å². The normalized spacial score (nSPS) is 20.0. The van der Waals surface area contributed by atoms with Crippen molar-refractivity contribution in [1.82, 2.24) is 15.0 Å². The number of nitrogens with zero attached hydrogens (tertiary/aromatic N) is 3. The summed E-state index contributed by atoms with van der Waals surface area (Å²) in [6.07, 6.45) is 1.89. The first-order valence-corrected chi connectivity index (χ1v) is 5.10. The maximum atomic E-state index is 9.86. The van der Waals surface area contributed by atoms with Crippen molar-refractivity contribution in [1.29, 1.82) is 0 Å². The van der Waals surface area contributed by atoms with Crippen LogP contribution in [0.15, 0.2) is 6.20 Å². The molecule has 0 radical (unpaired) electrons. The van der Waals surface area contributed by atoms with E-state index in [4.69, 9.17) is 4.74 Å². The van der Waals surface area contributed by atoms with Crippen molar-refractivity contribution in [2.75, 3.05) is 13.2 Å². The summed E-state index contributed by atoms with van der Waals surface area (Å²) in [4.78, 5) is 0. The molecule has 5 heteroatoms. The Morgan fingerprint density at radius 1 is 1.53 bits per heavy atom. The Morgan fingerprint density at radius 2 is 2.20 bits per heavy atom. The van der Waals surface area contributed by atoms with Crippen LogP contribution in [0.4, 0.5) is 0 Å². The summed E-state index contributed by atoms with van der Waals surface area (Å²) in [5.74, 6) is 0. The molecule has 0 amide bonds. The minimum Gasteiger partial charge on any atom is -0.383 e. The summed E-state index contributed by atoms with van der Waals surface area (Å²) in [7, 11) is 0. The summed E-state index contributed by atoms with van der Waals surface area (Å²) in [5, 5.41) is 18.0. The van der Waals surface area contributed by atoms with Crippen LogP contribution >= 0.6 is 0 Å². The smallest absolute Gasteiger partial charge is 0.131 e. The lowest BCUT2D eigenvalue weighted by Gasteiger charge is -2.35. The molecule has 1 aromatic rings. The van der Waals surface area contributed by atoms with Crippen molar-refractivity contribution in [3.05, 3.63) is 11.9 Å². The van der Waals surface area contributed by atoms with Gasteiger partial charge in [-0.15, -0.1) is 5.10 Å². The Morgan fingerprint density at radius 3 is 2.60 bits per heavy atom. The van der Waals surface area contributed by atoms with Crippen LogP contribution in [0.1, 0.15) is 26.5 Å². The van der Waals surface area contributed by atoms with Crippen LogP contribution in [-0.2, 0) is 16.7 Å². The van der Waals surface area contributed by atoms with E-state index in [-0.39, 0.29) is 5.41 Å². The van der Waals surface area contributed by atoms with E-state index >= 15 is 0 Å². The van der Waals surface area contributed by atoms with E-state index in [1.807, 2.05) is 6.20 Å². The first-order chi connectivity index (χ1) is 6.89. The Bertz CT molecular complexity index is 350. The molecular weight excluding hydrogens is 194 g/mol. The molecule has 1 aromatic heterocycles. The van der Waals surface area contributed by atoms with Gasteiger partial charge in [-0.3, -0.25) is 0 Å². The van der Waals surface area contributed by atoms with Crippen molar-refractivity contribution in [2.45, 2.75) is 38.3 Å². The molecule has 2 heterocycles. The largest absolute Gasteiger partial charge is 0.383 e. The van der Waals surface area contributed by atoms with E-state index in [1.165, 1.54) is 0 Å². The molecule has 0 spiro atoms. The molecule has 0 saturated carbocycles. The maximum absolute atomic E-state index is 9.86. The zero-order valence-electron chi connectivity index (χ0n) is 9.40. The second kappa shape index (κ2) is 3.28. The summed E-state index contributed by atoms with van der Waals surface area (Å²) in [5.41, 5.74) is 0.186. The van der Waals surface area contributed by atoms with Crippen LogP contribution in [0.3, 0.4) is 0 Å². The molecule has 0 aromatic carbocycles. The minimum absolute atomic E-state index is 0.00299. The van der Waals surface area contributed by atoms with Gasteiger partial charge in [0.15, 0.2) is 0 Å². The third kappa shape index (κ3) is 2.18. The topological polar surface area (TPSA) is 60.2 Å².